The maximum Gasteiger partial charge on any atom is 0.0490 e. The Bertz CT molecular complexity index is 2280. The zero-order valence-corrected chi connectivity index (χ0v) is 32.2. The van der Waals surface area contributed by atoms with Gasteiger partial charge in [0.2, 0.25) is 0 Å². The van der Waals surface area contributed by atoms with E-state index in [1.54, 1.807) is 0 Å². The number of nitrogens with zero attached hydrogens (tertiary/aromatic N) is 2. The number of aryl methyl sites for hydroxylation is 6. The van der Waals surface area contributed by atoms with E-state index >= 15 is 0 Å². The van der Waals surface area contributed by atoms with Crippen LogP contribution in [-0.2, 0) is 0 Å². The molecule has 0 radical (unpaired) electrons. The van der Waals surface area contributed by atoms with Crippen molar-refractivity contribution in [2.45, 2.75) is 41.5 Å². The Morgan fingerprint density at radius 2 is 0.667 bits per heavy atom. The normalized spacial score (nSPS) is 11.4. The summed E-state index contributed by atoms with van der Waals surface area (Å²) >= 11 is 0. The molecule has 0 fully saturated rings. The summed E-state index contributed by atoms with van der Waals surface area (Å²) in [6, 6.07) is 57.1. The van der Waals surface area contributed by atoms with Gasteiger partial charge < -0.3 is 9.80 Å². The fraction of sp³-hybridized carbons (Fsp3) is 0.115. The fourth-order valence-corrected chi connectivity index (χ4v) is 7.12. The van der Waals surface area contributed by atoms with Crippen LogP contribution in [0.3, 0.4) is 0 Å². The van der Waals surface area contributed by atoms with E-state index in [0.29, 0.717) is 0 Å². The SMILES string of the molecule is Cc1cccc(N(c2ccc(/C=C/c3cccc(/C=C/c4ccc(N(c5cccc(C)c5)c5ccc(C)cc5C)cc4)c3)cc2)c2ccc(C)cc2C)c1. The van der Waals surface area contributed by atoms with Gasteiger partial charge in [-0.25, -0.2) is 0 Å². The van der Waals surface area contributed by atoms with Crippen molar-refractivity contribution in [3.8, 4) is 0 Å². The van der Waals surface area contributed by atoms with E-state index in [2.05, 4.69) is 233 Å². The Balaban J connectivity index is 1.08. The number of benzene rings is 7. The van der Waals surface area contributed by atoms with Gasteiger partial charge in [0.05, 0.1) is 0 Å². The van der Waals surface area contributed by atoms with Gasteiger partial charge >= 0.3 is 0 Å². The second-order valence-corrected chi connectivity index (χ2v) is 14.4. The first kappa shape index (κ1) is 36.0. The average Bonchev–Trinajstić information content (AvgIpc) is 3.16. The minimum atomic E-state index is 1.14. The molecule has 7 aromatic carbocycles. The Kier molecular flexibility index (Phi) is 10.7. The summed E-state index contributed by atoms with van der Waals surface area (Å²) in [6.07, 6.45) is 8.76. The average molecular weight is 701 g/mol. The Labute approximate surface area is 322 Å². The lowest BCUT2D eigenvalue weighted by atomic mass is 10.1. The summed E-state index contributed by atoms with van der Waals surface area (Å²) < 4.78 is 0. The molecule has 7 rings (SSSR count). The molecule has 0 aliphatic rings. The maximum atomic E-state index is 2.35. The third kappa shape index (κ3) is 8.46. The number of hydrogen-bond acceptors (Lipinski definition) is 2. The molecule has 0 saturated heterocycles. The quantitative estimate of drug-likeness (QED) is 0.131. The van der Waals surface area contributed by atoms with Crippen LogP contribution in [0, 0.1) is 41.5 Å². The van der Waals surface area contributed by atoms with Crippen LogP contribution >= 0.6 is 0 Å². The van der Waals surface area contributed by atoms with E-state index in [-0.39, 0.29) is 0 Å². The topological polar surface area (TPSA) is 6.48 Å². The number of rotatable bonds is 10. The number of anilines is 6. The van der Waals surface area contributed by atoms with Crippen molar-refractivity contribution in [3.63, 3.8) is 0 Å². The van der Waals surface area contributed by atoms with Crippen molar-refractivity contribution in [2.24, 2.45) is 0 Å². The lowest BCUT2D eigenvalue weighted by molar-refractivity contribution is 1.23. The first-order chi connectivity index (χ1) is 26.2. The van der Waals surface area contributed by atoms with E-state index in [1.807, 2.05) is 0 Å². The van der Waals surface area contributed by atoms with Crippen molar-refractivity contribution in [1.29, 1.82) is 0 Å². The standard InChI is InChI=1S/C52H48N2/c1-37-10-7-14-49(34-37)53(51-30-16-39(3)32-41(51)5)47-26-22-43(23-27-47)18-20-45-12-9-13-46(36-45)21-19-44-24-28-48(29-25-44)54(50-15-8-11-38(2)35-50)52-31-17-40(4)33-42(52)6/h7-36H,1-6H3/b20-18+,21-19+. The van der Waals surface area contributed by atoms with Crippen LogP contribution in [0.4, 0.5) is 34.1 Å². The van der Waals surface area contributed by atoms with Gasteiger partial charge in [0.15, 0.2) is 0 Å². The predicted octanol–water partition coefficient (Wildman–Crippen LogP) is 14.8. The third-order valence-corrected chi connectivity index (χ3v) is 9.86. The van der Waals surface area contributed by atoms with Gasteiger partial charge in [-0.3, -0.25) is 0 Å². The van der Waals surface area contributed by atoms with Crippen LogP contribution in [0.2, 0.25) is 0 Å². The summed E-state index contributed by atoms with van der Waals surface area (Å²) in [5.41, 5.74) is 19.1. The molecule has 0 saturated carbocycles. The van der Waals surface area contributed by atoms with Crippen molar-refractivity contribution in [3.05, 3.63) is 213 Å². The Morgan fingerprint density at radius 1 is 0.296 bits per heavy atom. The highest BCUT2D eigenvalue weighted by Crippen LogP contribution is 2.39. The van der Waals surface area contributed by atoms with Crippen LogP contribution < -0.4 is 9.80 Å². The summed E-state index contributed by atoms with van der Waals surface area (Å²) in [5, 5.41) is 0. The summed E-state index contributed by atoms with van der Waals surface area (Å²) in [7, 11) is 0. The van der Waals surface area contributed by atoms with Crippen molar-refractivity contribution in [2.75, 3.05) is 9.80 Å². The molecule has 0 spiro atoms. The highest BCUT2D eigenvalue weighted by Gasteiger charge is 2.16. The lowest BCUT2D eigenvalue weighted by Gasteiger charge is -2.27. The molecule has 0 atom stereocenters. The highest BCUT2D eigenvalue weighted by molar-refractivity contribution is 5.82. The van der Waals surface area contributed by atoms with Crippen molar-refractivity contribution < 1.29 is 0 Å². The van der Waals surface area contributed by atoms with E-state index in [4.69, 9.17) is 0 Å². The molecule has 7 aromatic rings. The summed E-state index contributed by atoms with van der Waals surface area (Å²) in [4.78, 5) is 4.70. The van der Waals surface area contributed by atoms with Gasteiger partial charge in [0.25, 0.3) is 0 Å². The van der Waals surface area contributed by atoms with Gasteiger partial charge in [0, 0.05) is 34.1 Å². The molecule has 0 N–H and O–H groups in total. The largest absolute Gasteiger partial charge is 0.310 e. The molecule has 0 heterocycles. The maximum absolute atomic E-state index is 2.35. The fourth-order valence-electron chi connectivity index (χ4n) is 7.12. The second kappa shape index (κ2) is 16.1. The minimum Gasteiger partial charge on any atom is -0.310 e. The van der Waals surface area contributed by atoms with Gasteiger partial charge in [-0.15, -0.1) is 0 Å². The molecule has 2 nitrogen and oxygen atoms in total. The Hall–Kier alpha value is -6.38. The molecular formula is C52H48N2. The monoisotopic (exact) mass is 700 g/mol. The van der Waals surface area contributed by atoms with Crippen LogP contribution in [0.1, 0.15) is 55.6 Å². The van der Waals surface area contributed by atoms with Gasteiger partial charge in [-0.1, -0.05) is 126 Å². The van der Waals surface area contributed by atoms with E-state index < -0.39 is 0 Å². The van der Waals surface area contributed by atoms with E-state index in [9.17, 15) is 0 Å². The first-order valence-corrected chi connectivity index (χ1v) is 18.7. The zero-order chi connectivity index (χ0) is 37.6. The molecular weight excluding hydrogens is 653 g/mol. The lowest BCUT2D eigenvalue weighted by Crippen LogP contribution is -2.11. The molecule has 54 heavy (non-hydrogen) atoms. The summed E-state index contributed by atoms with van der Waals surface area (Å²) in [6.45, 7) is 13.0. The first-order valence-electron chi connectivity index (χ1n) is 18.7. The molecule has 2 heteroatoms. The Morgan fingerprint density at radius 3 is 1.06 bits per heavy atom. The smallest absolute Gasteiger partial charge is 0.0490 e. The zero-order valence-electron chi connectivity index (χ0n) is 32.2. The third-order valence-electron chi connectivity index (χ3n) is 9.86. The van der Waals surface area contributed by atoms with Gasteiger partial charge in [-0.2, -0.15) is 0 Å². The van der Waals surface area contributed by atoms with Gasteiger partial charge in [-0.05, 0) is 153 Å². The molecule has 0 aliphatic heterocycles. The second-order valence-electron chi connectivity index (χ2n) is 14.4. The minimum absolute atomic E-state index is 1.14. The van der Waals surface area contributed by atoms with E-state index in [0.717, 1.165) is 45.0 Å². The molecule has 0 unspecified atom stereocenters. The predicted molar refractivity (Wildman–Crippen MR) is 235 cm³/mol. The molecule has 0 aromatic heterocycles. The highest BCUT2D eigenvalue weighted by atomic mass is 15.1. The van der Waals surface area contributed by atoms with Crippen LogP contribution in [0.5, 0.6) is 0 Å². The molecule has 0 aliphatic carbocycles. The summed E-state index contributed by atoms with van der Waals surface area (Å²) in [5.74, 6) is 0. The molecule has 0 bridgehead atoms. The number of hydrogen-bond donors (Lipinski definition) is 0. The molecule has 266 valence electrons. The van der Waals surface area contributed by atoms with Crippen LogP contribution in [0.25, 0.3) is 24.3 Å². The van der Waals surface area contributed by atoms with E-state index in [1.165, 1.54) is 44.8 Å². The van der Waals surface area contributed by atoms with Gasteiger partial charge in [0.1, 0.15) is 0 Å². The van der Waals surface area contributed by atoms with Crippen molar-refractivity contribution in [1.82, 2.24) is 0 Å². The molecule has 0 amide bonds. The van der Waals surface area contributed by atoms with Crippen LogP contribution in [0.15, 0.2) is 158 Å². The van der Waals surface area contributed by atoms with Crippen molar-refractivity contribution >= 4 is 58.4 Å². The van der Waals surface area contributed by atoms with Crippen LogP contribution in [-0.4, -0.2) is 0 Å².